The van der Waals surface area contributed by atoms with Crippen LogP contribution in [0.4, 0.5) is 0 Å². The van der Waals surface area contributed by atoms with Gasteiger partial charge in [-0.2, -0.15) is 4.31 Å². The quantitative estimate of drug-likeness (QED) is 0.652. The molecule has 1 saturated heterocycles. The third kappa shape index (κ3) is 5.36. The Morgan fingerprint density at radius 1 is 1.00 bits per heavy atom. The van der Waals surface area contributed by atoms with Crippen molar-refractivity contribution in [3.63, 3.8) is 0 Å². The number of nitrogens with one attached hydrogen (secondary N) is 1. The van der Waals surface area contributed by atoms with E-state index < -0.39 is 20.0 Å². The molecule has 1 aliphatic rings. The van der Waals surface area contributed by atoms with Gasteiger partial charge in [0, 0.05) is 45.3 Å². The highest BCUT2D eigenvalue weighted by Crippen LogP contribution is 2.12. The van der Waals surface area contributed by atoms with Gasteiger partial charge in [-0.05, 0) is 12.1 Å². The predicted molar refractivity (Wildman–Crippen MR) is 98.8 cm³/mol. The zero-order valence-electron chi connectivity index (χ0n) is 14.7. The Hall–Kier alpha value is -1.79. The first-order valence-corrected chi connectivity index (χ1v) is 11.6. The molecular weight excluding hydrogens is 392 g/mol. The maximum absolute atomic E-state index is 12.4. The molecule has 0 radical (unpaired) electrons. The minimum atomic E-state index is -3.52. The van der Waals surface area contributed by atoms with Crippen LogP contribution in [0.1, 0.15) is 5.69 Å². The summed E-state index contributed by atoms with van der Waals surface area (Å²) >= 11 is 0. The van der Waals surface area contributed by atoms with Crippen LogP contribution in [0.25, 0.3) is 0 Å². The summed E-state index contributed by atoms with van der Waals surface area (Å²) in [6, 6.07) is 9.73. The molecule has 1 aromatic heterocycles. The van der Waals surface area contributed by atoms with Gasteiger partial charge in [-0.15, -0.1) is 0 Å². The lowest BCUT2D eigenvalue weighted by Gasteiger charge is -2.33. The van der Waals surface area contributed by atoms with Gasteiger partial charge in [0.1, 0.15) is 12.0 Å². The molecule has 1 N–H and O–H groups in total. The summed E-state index contributed by atoms with van der Waals surface area (Å²) in [7, 11) is -6.96. The van der Waals surface area contributed by atoms with E-state index >= 15 is 0 Å². The highest BCUT2D eigenvalue weighted by Gasteiger charge is 2.27. The second-order valence-corrected chi connectivity index (χ2v) is 9.93. The van der Waals surface area contributed by atoms with E-state index in [4.69, 9.17) is 0 Å². The Morgan fingerprint density at radius 2 is 1.70 bits per heavy atom. The first-order valence-electron chi connectivity index (χ1n) is 8.51. The zero-order valence-corrected chi connectivity index (χ0v) is 16.3. The summed E-state index contributed by atoms with van der Waals surface area (Å²) in [6.45, 7) is 2.61. The van der Waals surface area contributed by atoms with Crippen LogP contribution in [0.15, 0.2) is 52.1 Å². The fourth-order valence-corrected chi connectivity index (χ4v) is 5.31. The third-order valence-corrected chi connectivity index (χ3v) is 7.61. The molecule has 2 aromatic rings. The van der Waals surface area contributed by atoms with E-state index in [9.17, 15) is 16.8 Å². The Kier molecular flexibility index (Phi) is 6.27. The molecule has 0 amide bonds. The average molecular weight is 415 g/mol. The standard InChI is InChI=1S/C16H22N4O5S2/c21-26(22,14-15-6-13-25-18-15)20-11-9-19(10-12-20)8-7-17-27(23,24)16-4-2-1-3-5-16/h1-6,13,17H,7-12,14H2. The zero-order chi connectivity index (χ0) is 19.3. The van der Waals surface area contributed by atoms with Crippen molar-refractivity contribution in [3.8, 4) is 0 Å². The Morgan fingerprint density at radius 3 is 2.33 bits per heavy atom. The van der Waals surface area contributed by atoms with Crippen molar-refractivity contribution >= 4 is 20.0 Å². The molecule has 27 heavy (non-hydrogen) atoms. The lowest BCUT2D eigenvalue weighted by molar-refractivity contribution is 0.191. The first-order chi connectivity index (χ1) is 12.9. The van der Waals surface area contributed by atoms with E-state index in [0.29, 0.717) is 38.4 Å². The summed E-state index contributed by atoms with van der Waals surface area (Å²) in [5, 5.41) is 3.64. The van der Waals surface area contributed by atoms with Crippen LogP contribution in [-0.2, 0) is 25.8 Å². The molecule has 0 saturated carbocycles. The predicted octanol–water partition coefficient (Wildman–Crippen LogP) is 0.101. The molecule has 0 bridgehead atoms. The smallest absolute Gasteiger partial charge is 0.240 e. The summed E-state index contributed by atoms with van der Waals surface area (Å²) in [4.78, 5) is 2.27. The van der Waals surface area contributed by atoms with Gasteiger partial charge in [0.05, 0.1) is 10.6 Å². The van der Waals surface area contributed by atoms with Crippen LogP contribution in [0.3, 0.4) is 0 Å². The van der Waals surface area contributed by atoms with Crippen LogP contribution >= 0.6 is 0 Å². The van der Waals surface area contributed by atoms with Gasteiger partial charge in [0.25, 0.3) is 0 Å². The first kappa shape index (κ1) is 20.0. The van der Waals surface area contributed by atoms with Crippen molar-refractivity contribution < 1.29 is 21.4 Å². The molecule has 1 fully saturated rings. The van der Waals surface area contributed by atoms with Crippen LogP contribution < -0.4 is 4.72 Å². The molecule has 0 aliphatic carbocycles. The van der Waals surface area contributed by atoms with Gasteiger partial charge in [0.15, 0.2) is 0 Å². The van der Waals surface area contributed by atoms with Crippen molar-refractivity contribution in [1.82, 2.24) is 19.1 Å². The minimum Gasteiger partial charge on any atom is -0.364 e. The average Bonchev–Trinajstić information content (AvgIpc) is 3.15. The van der Waals surface area contributed by atoms with Gasteiger partial charge in [-0.1, -0.05) is 23.4 Å². The fourth-order valence-electron chi connectivity index (χ4n) is 2.84. The largest absolute Gasteiger partial charge is 0.364 e. The van der Waals surface area contributed by atoms with Crippen LogP contribution in [0.2, 0.25) is 0 Å². The highest BCUT2D eigenvalue weighted by atomic mass is 32.2. The van der Waals surface area contributed by atoms with Gasteiger partial charge in [-0.25, -0.2) is 21.6 Å². The molecule has 1 aliphatic heterocycles. The lowest BCUT2D eigenvalue weighted by Crippen LogP contribution is -2.50. The van der Waals surface area contributed by atoms with E-state index in [1.807, 2.05) is 4.90 Å². The Labute approximate surface area is 159 Å². The van der Waals surface area contributed by atoms with Crippen molar-refractivity contribution in [1.29, 1.82) is 0 Å². The molecule has 0 atom stereocenters. The van der Waals surface area contributed by atoms with E-state index in [-0.39, 0.29) is 17.2 Å². The number of sulfonamides is 2. The van der Waals surface area contributed by atoms with Crippen molar-refractivity contribution in [3.05, 3.63) is 48.4 Å². The van der Waals surface area contributed by atoms with Gasteiger partial charge >= 0.3 is 0 Å². The highest BCUT2D eigenvalue weighted by molar-refractivity contribution is 7.89. The number of benzene rings is 1. The summed E-state index contributed by atoms with van der Waals surface area (Å²) in [5.41, 5.74) is 0.382. The second-order valence-electron chi connectivity index (χ2n) is 6.20. The van der Waals surface area contributed by atoms with Crippen LogP contribution in [0.5, 0.6) is 0 Å². The van der Waals surface area contributed by atoms with E-state index in [1.165, 1.54) is 16.6 Å². The van der Waals surface area contributed by atoms with Gasteiger partial charge in [0.2, 0.25) is 20.0 Å². The molecule has 1 aromatic carbocycles. The Bertz CT molecular complexity index is 922. The third-order valence-electron chi connectivity index (χ3n) is 4.32. The van der Waals surface area contributed by atoms with Gasteiger partial charge in [-0.3, -0.25) is 4.90 Å². The minimum absolute atomic E-state index is 0.180. The van der Waals surface area contributed by atoms with Crippen molar-refractivity contribution in [2.24, 2.45) is 0 Å². The maximum atomic E-state index is 12.4. The van der Waals surface area contributed by atoms with E-state index in [1.54, 1.807) is 30.3 Å². The number of rotatable bonds is 8. The number of piperazine rings is 1. The molecule has 0 spiro atoms. The number of hydrogen-bond acceptors (Lipinski definition) is 7. The molecular formula is C16H22N4O5S2. The fraction of sp³-hybridized carbons (Fsp3) is 0.438. The summed E-state index contributed by atoms with van der Waals surface area (Å²) in [5.74, 6) is -0.180. The van der Waals surface area contributed by atoms with E-state index in [0.717, 1.165) is 0 Å². The molecule has 0 unspecified atom stereocenters. The lowest BCUT2D eigenvalue weighted by atomic mass is 10.3. The monoisotopic (exact) mass is 414 g/mol. The molecule has 3 rings (SSSR count). The molecule has 2 heterocycles. The molecule has 9 nitrogen and oxygen atoms in total. The van der Waals surface area contributed by atoms with Crippen LogP contribution in [-0.4, -0.2) is 70.5 Å². The van der Waals surface area contributed by atoms with Crippen molar-refractivity contribution in [2.75, 3.05) is 39.3 Å². The topological polar surface area (TPSA) is 113 Å². The number of aromatic nitrogens is 1. The SMILES string of the molecule is O=S(=O)(NCCN1CCN(S(=O)(=O)Cc2ccon2)CC1)c1ccccc1. The summed E-state index contributed by atoms with van der Waals surface area (Å²) < 4.78 is 57.8. The second kappa shape index (κ2) is 8.48. The maximum Gasteiger partial charge on any atom is 0.240 e. The Balaban J connectivity index is 1.44. The normalized spacial score (nSPS) is 17.2. The van der Waals surface area contributed by atoms with Gasteiger partial charge < -0.3 is 4.52 Å². The van der Waals surface area contributed by atoms with E-state index in [2.05, 4.69) is 14.4 Å². The number of hydrogen-bond donors (Lipinski definition) is 1. The molecule has 148 valence electrons. The van der Waals surface area contributed by atoms with Crippen LogP contribution in [0, 0.1) is 0 Å². The van der Waals surface area contributed by atoms with Crippen molar-refractivity contribution in [2.45, 2.75) is 10.6 Å². The number of nitrogens with zero attached hydrogens (tertiary/aromatic N) is 3. The summed E-state index contributed by atoms with van der Waals surface area (Å²) in [6.07, 6.45) is 1.35. The molecule has 11 heteroatoms.